The lowest BCUT2D eigenvalue weighted by molar-refractivity contribution is -0.126. The second-order valence-corrected chi connectivity index (χ2v) is 8.66. The number of carbonyl (C=O) groups is 3. The van der Waals surface area contributed by atoms with Crippen molar-refractivity contribution in [3.05, 3.63) is 89.6 Å². The molecule has 35 heavy (non-hydrogen) atoms. The predicted molar refractivity (Wildman–Crippen MR) is 129 cm³/mol. The molecule has 1 aliphatic carbocycles. The van der Waals surface area contributed by atoms with E-state index in [-0.39, 0.29) is 23.4 Å². The number of amides is 3. The van der Waals surface area contributed by atoms with E-state index in [1.165, 1.54) is 23.3 Å². The first-order valence-corrected chi connectivity index (χ1v) is 11.7. The lowest BCUT2D eigenvalue weighted by Gasteiger charge is -2.32. The smallest absolute Gasteiger partial charge is 0.287 e. The summed E-state index contributed by atoms with van der Waals surface area (Å²) in [6.07, 6.45) is 5.17. The molecule has 0 spiro atoms. The fourth-order valence-corrected chi connectivity index (χ4v) is 4.31. The van der Waals surface area contributed by atoms with Crippen LogP contribution in [0.3, 0.4) is 0 Å². The molecule has 2 N–H and O–H groups in total. The molecule has 1 heterocycles. The zero-order valence-corrected chi connectivity index (χ0v) is 19.5. The van der Waals surface area contributed by atoms with Crippen LogP contribution in [0.5, 0.6) is 0 Å². The summed E-state index contributed by atoms with van der Waals surface area (Å²) in [5.41, 5.74) is 1.22. The molecule has 1 fully saturated rings. The van der Waals surface area contributed by atoms with Crippen LogP contribution in [0.2, 0.25) is 0 Å². The summed E-state index contributed by atoms with van der Waals surface area (Å²) in [5, 5.41) is 5.60. The van der Waals surface area contributed by atoms with Crippen LogP contribution in [0.25, 0.3) is 0 Å². The lowest BCUT2D eigenvalue weighted by atomic mass is 10.0. The van der Waals surface area contributed by atoms with Crippen molar-refractivity contribution in [2.45, 2.75) is 44.7 Å². The molecule has 3 amide bonds. The molecule has 1 aromatic heterocycles. The summed E-state index contributed by atoms with van der Waals surface area (Å²) in [7, 11) is 0. The molecule has 1 aliphatic rings. The topological polar surface area (TPSA) is 91.7 Å². The number of benzene rings is 2. The molecular weight excluding hydrogens is 449 g/mol. The normalized spacial score (nSPS) is 14.3. The summed E-state index contributed by atoms with van der Waals surface area (Å²) < 4.78 is 19.7. The molecule has 182 valence electrons. The monoisotopic (exact) mass is 477 g/mol. The van der Waals surface area contributed by atoms with Gasteiger partial charge in [-0.2, -0.15) is 0 Å². The highest BCUT2D eigenvalue weighted by Crippen LogP contribution is 2.30. The van der Waals surface area contributed by atoms with Crippen molar-refractivity contribution >= 4 is 23.4 Å². The van der Waals surface area contributed by atoms with Gasteiger partial charge in [-0.25, -0.2) is 4.39 Å². The zero-order valence-electron chi connectivity index (χ0n) is 19.5. The standard InChI is InChI=1S/C27H28FN3O4/c1-18-13-14-21(16-22(18)28)31(24(32)17-29-26(33)23-12-7-15-35-23)25(19-8-3-2-4-9-19)27(34)30-20-10-5-6-11-20/h2-4,7-9,12-16,20,25H,5-6,10-11,17H2,1H3,(H,29,33)(H,30,34). The number of hydrogen-bond donors (Lipinski definition) is 2. The van der Waals surface area contributed by atoms with Crippen LogP contribution in [-0.4, -0.2) is 30.3 Å². The van der Waals surface area contributed by atoms with Crippen LogP contribution in [0, 0.1) is 12.7 Å². The van der Waals surface area contributed by atoms with E-state index in [0.717, 1.165) is 25.7 Å². The van der Waals surface area contributed by atoms with E-state index in [9.17, 15) is 18.8 Å². The minimum absolute atomic E-state index is 0.0269. The van der Waals surface area contributed by atoms with Gasteiger partial charge in [0, 0.05) is 11.7 Å². The first-order valence-electron chi connectivity index (χ1n) is 11.7. The number of nitrogens with one attached hydrogen (secondary N) is 2. The largest absolute Gasteiger partial charge is 0.459 e. The number of anilines is 1. The van der Waals surface area contributed by atoms with Crippen LogP contribution < -0.4 is 15.5 Å². The van der Waals surface area contributed by atoms with Gasteiger partial charge >= 0.3 is 0 Å². The van der Waals surface area contributed by atoms with Crippen LogP contribution >= 0.6 is 0 Å². The number of carbonyl (C=O) groups excluding carboxylic acids is 3. The molecule has 0 radical (unpaired) electrons. The quantitative estimate of drug-likeness (QED) is 0.506. The SMILES string of the molecule is Cc1ccc(N(C(=O)CNC(=O)c2ccco2)C(C(=O)NC2CCCC2)c2ccccc2)cc1F. The van der Waals surface area contributed by atoms with Crippen LogP contribution in [0.15, 0.2) is 71.3 Å². The maximum Gasteiger partial charge on any atom is 0.287 e. The summed E-state index contributed by atoms with van der Waals surface area (Å²) >= 11 is 0. The zero-order chi connectivity index (χ0) is 24.8. The Morgan fingerprint density at radius 2 is 1.80 bits per heavy atom. The van der Waals surface area contributed by atoms with E-state index < -0.39 is 30.2 Å². The van der Waals surface area contributed by atoms with Crippen molar-refractivity contribution in [2.24, 2.45) is 0 Å². The minimum Gasteiger partial charge on any atom is -0.459 e. The third kappa shape index (κ3) is 5.77. The second-order valence-electron chi connectivity index (χ2n) is 8.66. The molecule has 4 rings (SSSR count). The summed E-state index contributed by atoms with van der Waals surface area (Å²) in [6.45, 7) is 1.21. The Bertz CT molecular complexity index is 1170. The maximum absolute atomic E-state index is 14.6. The van der Waals surface area contributed by atoms with Crippen molar-refractivity contribution in [2.75, 3.05) is 11.4 Å². The highest BCUT2D eigenvalue weighted by Gasteiger charge is 2.34. The van der Waals surface area contributed by atoms with Gasteiger partial charge in [-0.05, 0) is 55.2 Å². The van der Waals surface area contributed by atoms with Gasteiger partial charge < -0.3 is 15.1 Å². The van der Waals surface area contributed by atoms with E-state index in [2.05, 4.69) is 10.6 Å². The number of nitrogens with zero attached hydrogens (tertiary/aromatic N) is 1. The molecule has 1 unspecified atom stereocenters. The van der Waals surface area contributed by atoms with Gasteiger partial charge in [0.15, 0.2) is 5.76 Å². The fraction of sp³-hybridized carbons (Fsp3) is 0.296. The minimum atomic E-state index is -1.05. The van der Waals surface area contributed by atoms with Gasteiger partial charge in [0.25, 0.3) is 5.91 Å². The van der Waals surface area contributed by atoms with Gasteiger partial charge in [-0.15, -0.1) is 0 Å². The molecule has 2 aromatic carbocycles. The highest BCUT2D eigenvalue weighted by molar-refractivity contribution is 6.04. The lowest BCUT2D eigenvalue weighted by Crippen LogP contribution is -2.49. The molecule has 3 aromatic rings. The van der Waals surface area contributed by atoms with Crippen molar-refractivity contribution in [1.29, 1.82) is 0 Å². The average molecular weight is 478 g/mol. The van der Waals surface area contributed by atoms with Crippen molar-refractivity contribution in [3.8, 4) is 0 Å². The van der Waals surface area contributed by atoms with Gasteiger partial charge in [-0.3, -0.25) is 19.3 Å². The number of rotatable bonds is 8. The van der Waals surface area contributed by atoms with Gasteiger partial charge in [0.05, 0.1) is 12.8 Å². The molecule has 1 atom stereocenters. The van der Waals surface area contributed by atoms with Gasteiger partial charge in [0.1, 0.15) is 11.9 Å². The number of halogens is 1. The first-order chi connectivity index (χ1) is 16.9. The number of furan rings is 1. The molecule has 0 saturated heterocycles. The van der Waals surface area contributed by atoms with E-state index in [1.807, 2.05) is 6.07 Å². The van der Waals surface area contributed by atoms with Crippen molar-refractivity contribution < 1.29 is 23.2 Å². The Kier molecular flexibility index (Phi) is 7.60. The van der Waals surface area contributed by atoms with Crippen LogP contribution in [-0.2, 0) is 9.59 Å². The third-order valence-corrected chi connectivity index (χ3v) is 6.17. The summed E-state index contributed by atoms with van der Waals surface area (Å²) in [6, 6.07) is 15.3. The summed E-state index contributed by atoms with van der Waals surface area (Å²) in [5.74, 6) is -1.92. The molecule has 0 bridgehead atoms. The molecule has 8 heteroatoms. The molecular formula is C27H28FN3O4. The predicted octanol–water partition coefficient (Wildman–Crippen LogP) is 4.29. The number of aryl methyl sites for hydroxylation is 1. The Morgan fingerprint density at radius 1 is 1.06 bits per heavy atom. The Balaban J connectivity index is 1.69. The Hall–Kier alpha value is -3.94. The van der Waals surface area contributed by atoms with E-state index in [0.29, 0.717) is 11.1 Å². The highest BCUT2D eigenvalue weighted by atomic mass is 19.1. The van der Waals surface area contributed by atoms with Crippen LogP contribution in [0.4, 0.5) is 10.1 Å². The fourth-order valence-electron chi connectivity index (χ4n) is 4.31. The van der Waals surface area contributed by atoms with Crippen LogP contribution in [0.1, 0.15) is 53.4 Å². The Labute approximate surface area is 203 Å². The van der Waals surface area contributed by atoms with Crippen molar-refractivity contribution in [3.63, 3.8) is 0 Å². The summed E-state index contributed by atoms with van der Waals surface area (Å²) in [4.78, 5) is 40.8. The molecule has 0 aliphatic heterocycles. The maximum atomic E-state index is 14.6. The molecule has 7 nitrogen and oxygen atoms in total. The van der Waals surface area contributed by atoms with E-state index in [1.54, 1.807) is 49.4 Å². The van der Waals surface area contributed by atoms with Gasteiger partial charge in [0.2, 0.25) is 11.8 Å². The number of hydrogen-bond acceptors (Lipinski definition) is 4. The second kappa shape index (κ2) is 11.0. The first kappa shape index (κ1) is 24.2. The van der Waals surface area contributed by atoms with Crippen molar-refractivity contribution in [1.82, 2.24) is 10.6 Å². The van der Waals surface area contributed by atoms with E-state index >= 15 is 0 Å². The molecule has 1 saturated carbocycles. The Morgan fingerprint density at radius 3 is 2.46 bits per heavy atom. The average Bonchev–Trinajstić information content (AvgIpc) is 3.58. The third-order valence-electron chi connectivity index (χ3n) is 6.17. The van der Waals surface area contributed by atoms with Gasteiger partial charge in [-0.1, -0.05) is 49.2 Å². The van der Waals surface area contributed by atoms with E-state index in [4.69, 9.17) is 4.42 Å².